The molecule has 5 heteroatoms. The van der Waals surface area contributed by atoms with E-state index in [0.29, 0.717) is 5.56 Å². The molecule has 0 aliphatic carbocycles. The van der Waals surface area contributed by atoms with Crippen LogP contribution >= 0.6 is 23.2 Å². The van der Waals surface area contributed by atoms with Crippen LogP contribution < -0.4 is 0 Å². The Morgan fingerprint density at radius 1 is 1.12 bits per heavy atom. The number of ketones is 1. The Morgan fingerprint density at radius 3 is 2.44 bits per heavy atom. The summed E-state index contributed by atoms with van der Waals surface area (Å²) in [6.45, 7) is 0. The molecule has 0 aliphatic rings. The predicted molar refractivity (Wildman–Crippen MR) is 61.9 cm³/mol. The Balaban J connectivity index is 2.42. The van der Waals surface area contributed by atoms with Gasteiger partial charge in [0.1, 0.15) is 10.8 Å². The van der Waals surface area contributed by atoms with Crippen LogP contribution in [0.1, 0.15) is 16.1 Å². The van der Waals surface area contributed by atoms with E-state index in [2.05, 4.69) is 9.97 Å². The van der Waals surface area contributed by atoms with Crippen molar-refractivity contribution in [2.24, 2.45) is 0 Å². The maximum Gasteiger partial charge on any atom is 0.214 e. The standard InChI is InChI=1S/C11H6Cl2N2O/c12-8-6-14-9(11(13)15-8)10(16)7-4-2-1-3-5-7/h1-6H. The Kier molecular flexibility index (Phi) is 3.17. The highest BCUT2D eigenvalue weighted by Gasteiger charge is 2.15. The van der Waals surface area contributed by atoms with Crippen LogP contribution in [-0.2, 0) is 0 Å². The fraction of sp³-hybridized carbons (Fsp3) is 0. The van der Waals surface area contributed by atoms with Crippen molar-refractivity contribution in [3.05, 3.63) is 58.1 Å². The summed E-state index contributed by atoms with van der Waals surface area (Å²) in [6.07, 6.45) is 1.30. The highest BCUT2D eigenvalue weighted by Crippen LogP contribution is 2.17. The molecule has 0 radical (unpaired) electrons. The van der Waals surface area contributed by atoms with E-state index in [1.807, 2.05) is 6.07 Å². The summed E-state index contributed by atoms with van der Waals surface area (Å²) in [5.74, 6) is -0.269. The number of hydrogen-bond acceptors (Lipinski definition) is 3. The second kappa shape index (κ2) is 4.60. The van der Waals surface area contributed by atoms with E-state index >= 15 is 0 Å². The van der Waals surface area contributed by atoms with E-state index in [4.69, 9.17) is 23.2 Å². The molecular weight excluding hydrogens is 247 g/mol. The van der Waals surface area contributed by atoms with Gasteiger partial charge < -0.3 is 0 Å². The van der Waals surface area contributed by atoms with Crippen LogP contribution in [0.4, 0.5) is 0 Å². The molecule has 1 heterocycles. The van der Waals surface area contributed by atoms with Crippen molar-refractivity contribution < 1.29 is 4.79 Å². The van der Waals surface area contributed by atoms with Gasteiger partial charge in [-0.25, -0.2) is 9.97 Å². The molecule has 0 amide bonds. The fourth-order valence-electron chi connectivity index (χ4n) is 1.23. The Morgan fingerprint density at radius 2 is 1.81 bits per heavy atom. The fourth-order valence-corrected chi connectivity index (χ4v) is 1.63. The molecule has 16 heavy (non-hydrogen) atoms. The lowest BCUT2D eigenvalue weighted by atomic mass is 10.1. The first kappa shape index (κ1) is 11.0. The lowest BCUT2D eigenvalue weighted by Gasteiger charge is -2.01. The SMILES string of the molecule is O=C(c1ccccc1)c1ncc(Cl)nc1Cl. The molecule has 0 fully saturated rings. The zero-order chi connectivity index (χ0) is 11.5. The molecule has 0 saturated carbocycles. The lowest BCUT2D eigenvalue weighted by Crippen LogP contribution is -2.05. The molecule has 0 aliphatic heterocycles. The van der Waals surface area contributed by atoms with Gasteiger partial charge in [-0.2, -0.15) is 0 Å². The number of carbonyl (C=O) groups is 1. The summed E-state index contributed by atoms with van der Waals surface area (Å²) >= 11 is 11.4. The smallest absolute Gasteiger partial charge is 0.214 e. The summed E-state index contributed by atoms with van der Waals surface area (Å²) in [5, 5.41) is 0.177. The number of carbonyl (C=O) groups excluding carboxylic acids is 1. The van der Waals surface area contributed by atoms with Gasteiger partial charge in [-0.05, 0) is 0 Å². The first-order chi connectivity index (χ1) is 7.68. The van der Waals surface area contributed by atoms with Crippen molar-refractivity contribution in [1.82, 2.24) is 9.97 Å². The molecule has 2 aromatic rings. The van der Waals surface area contributed by atoms with Crippen molar-refractivity contribution in [3.63, 3.8) is 0 Å². The minimum absolute atomic E-state index is 0.0151. The lowest BCUT2D eigenvalue weighted by molar-refractivity contribution is 0.103. The topological polar surface area (TPSA) is 42.9 Å². The number of nitrogens with zero attached hydrogens (tertiary/aromatic N) is 2. The van der Waals surface area contributed by atoms with Gasteiger partial charge in [0.15, 0.2) is 5.15 Å². The highest BCUT2D eigenvalue weighted by molar-refractivity contribution is 6.35. The third kappa shape index (κ3) is 2.21. The molecule has 2 rings (SSSR count). The zero-order valence-electron chi connectivity index (χ0n) is 8.02. The van der Waals surface area contributed by atoms with Crippen LogP contribution in [0.3, 0.4) is 0 Å². The van der Waals surface area contributed by atoms with Crippen molar-refractivity contribution in [1.29, 1.82) is 0 Å². The zero-order valence-corrected chi connectivity index (χ0v) is 9.53. The molecule has 1 aromatic carbocycles. The third-order valence-electron chi connectivity index (χ3n) is 1.95. The van der Waals surface area contributed by atoms with Crippen LogP contribution in [0.15, 0.2) is 36.5 Å². The van der Waals surface area contributed by atoms with Gasteiger partial charge in [0, 0.05) is 5.56 Å². The molecule has 0 spiro atoms. The molecule has 80 valence electrons. The van der Waals surface area contributed by atoms with E-state index in [0.717, 1.165) is 0 Å². The van der Waals surface area contributed by atoms with Gasteiger partial charge in [0.25, 0.3) is 0 Å². The van der Waals surface area contributed by atoms with Crippen molar-refractivity contribution >= 4 is 29.0 Å². The van der Waals surface area contributed by atoms with E-state index in [9.17, 15) is 4.79 Å². The Hall–Kier alpha value is -1.45. The van der Waals surface area contributed by atoms with Crippen LogP contribution in [0.2, 0.25) is 10.3 Å². The Labute approximate surface area is 102 Å². The maximum atomic E-state index is 11.9. The number of halogens is 2. The predicted octanol–water partition coefficient (Wildman–Crippen LogP) is 3.01. The summed E-state index contributed by atoms with van der Waals surface area (Å²) in [5.41, 5.74) is 0.623. The molecule has 1 aromatic heterocycles. The largest absolute Gasteiger partial charge is 0.287 e. The number of aromatic nitrogens is 2. The molecule has 0 N–H and O–H groups in total. The minimum atomic E-state index is -0.269. The van der Waals surface area contributed by atoms with Gasteiger partial charge in [-0.15, -0.1) is 0 Å². The highest BCUT2D eigenvalue weighted by atomic mass is 35.5. The van der Waals surface area contributed by atoms with Gasteiger partial charge in [-0.3, -0.25) is 4.79 Å². The van der Waals surface area contributed by atoms with Gasteiger partial charge in [0.05, 0.1) is 6.20 Å². The third-order valence-corrected chi connectivity index (χ3v) is 2.40. The first-order valence-corrected chi connectivity index (χ1v) is 5.22. The quantitative estimate of drug-likeness (QED) is 0.772. The molecule has 0 saturated heterocycles. The molecular formula is C11H6Cl2N2O. The number of hydrogen-bond donors (Lipinski definition) is 0. The number of rotatable bonds is 2. The van der Waals surface area contributed by atoms with Crippen LogP contribution in [0, 0.1) is 0 Å². The van der Waals surface area contributed by atoms with Gasteiger partial charge >= 0.3 is 0 Å². The van der Waals surface area contributed by atoms with Crippen molar-refractivity contribution in [2.45, 2.75) is 0 Å². The second-order valence-electron chi connectivity index (χ2n) is 3.03. The average Bonchev–Trinajstić information content (AvgIpc) is 2.29. The van der Waals surface area contributed by atoms with E-state index < -0.39 is 0 Å². The monoisotopic (exact) mass is 252 g/mol. The van der Waals surface area contributed by atoms with Gasteiger partial charge in [-0.1, -0.05) is 53.5 Å². The van der Waals surface area contributed by atoms with E-state index in [-0.39, 0.29) is 21.8 Å². The summed E-state index contributed by atoms with van der Waals surface area (Å²) < 4.78 is 0. The molecule has 0 atom stereocenters. The van der Waals surface area contributed by atoms with E-state index in [1.165, 1.54) is 6.20 Å². The van der Waals surface area contributed by atoms with Crippen LogP contribution in [-0.4, -0.2) is 15.8 Å². The summed E-state index contributed by atoms with van der Waals surface area (Å²) in [7, 11) is 0. The Bertz CT molecular complexity index is 529. The molecule has 0 unspecified atom stereocenters. The molecule has 3 nitrogen and oxygen atoms in total. The normalized spacial score (nSPS) is 10.1. The minimum Gasteiger partial charge on any atom is -0.287 e. The number of benzene rings is 1. The van der Waals surface area contributed by atoms with Gasteiger partial charge in [0.2, 0.25) is 5.78 Å². The maximum absolute atomic E-state index is 11.9. The first-order valence-electron chi connectivity index (χ1n) is 4.46. The van der Waals surface area contributed by atoms with Crippen molar-refractivity contribution in [3.8, 4) is 0 Å². The molecule has 0 bridgehead atoms. The second-order valence-corrected chi connectivity index (χ2v) is 3.77. The van der Waals surface area contributed by atoms with Crippen LogP contribution in [0.25, 0.3) is 0 Å². The summed E-state index contributed by atoms with van der Waals surface area (Å²) in [4.78, 5) is 19.6. The summed E-state index contributed by atoms with van der Waals surface area (Å²) in [6, 6.07) is 8.74. The van der Waals surface area contributed by atoms with Crippen molar-refractivity contribution in [2.75, 3.05) is 0 Å². The van der Waals surface area contributed by atoms with E-state index in [1.54, 1.807) is 24.3 Å². The van der Waals surface area contributed by atoms with Crippen LogP contribution in [0.5, 0.6) is 0 Å². The average molecular weight is 253 g/mol.